The highest BCUT2D eigenvalue weighted by Gasteiger charge is 2.21. The average molecular weight is 242 g/mol. The molecule has 0 unspecified atom stereocenters. The molecule has 0 saturated carbocycles. The molecule has 0 bridgehead atoms. The van der Waals surface area contributed by atoms with Gasteiger partial charge in [0.05, 0.1) is 18.4 Å². The van der Waals surface area contributed by atoms with E-state index >= 15 is 0 Å². The number of aliphatic carboxylic acids is 1. The number of carboxylic acids is 1. The quantitative estimate of drug-likeness (QED) is 0.801. The Balaban J connectivity index is 2.88. The Morgan fingerprint density at radius 1 is 1.62 bits per heavy atom. The highest BCUT2D eigenvalue weighted by Crippen LogP contribution is 2.18. The van der Waals surface area contributed by atoms with Crippen molar-refractivity contribution in [3.05, 3.63) is 23.1 Å². The molecule has 16 heavy (non-hydrogen) atoms. The summed E-state index contributed by atoms with van der Waals surface area (Å²) in [4.78, 5) is 23.3. The van der Waals surface area contributed by atoms with Crippen molar-refractivity contribution in [1.29, 1.82) is 0 Å². The maximum Gasteiger partial charge on any atom is 0.323 e. The summed E-state index contributed by atoms with van der Waals surface area (Å²) in [5, 5.41) is 8.52. The first-order valence-corrected chi connectivity index (χ1v) is 4.61. The molecule has 0 aliphatic carbocycles. The van der Waals surface area contributed by atoms with E-state index in [0.29, 0.717) is 0 Å². The topological polar surface area (TPSA) is 70.8 Å². The molecule has 1 rings (SSSR count). The van der Waals surface area contributed by atoms with Crippen LogP contribution in [0, 0.1) is 12.3 Å². The Bertz CT molecular complexity index is 446. The van der Waals surface area contributed by atoms with Crippen molar-refractivity contribution < 1.29 is 19.1 Å². The molecule has 0 atom stereocenters. The first-order valence-electron chi connectivity index (χ1n) is 4.23. The minimum absolute atomic E-state index is 0.0857. The van der Waals surface area contributed by atoms with E-state index in [0.717, 1.165) is 4.90 Å². The van der Waals surface area contributed by atoms with Crippen molar-refractivity contribution in [2.24, 2.45) is 0 Å². The van der Waals surface area contributed by atoms with Crippen molar-refractivity contribution in [3.63, 3.8) is 0 Å². The fourth-order valence-electron chi connectivity index (χ4n) is 1.09. The van der Waals surface area contributed by atoms with E-state index in [9.17, 15) is 9.59 Å². The zero-order valence-electron chi connectivity index (χ0n) is 8.14. The summed E-state index contributed by atoms with van der Waals surface area (Å²) >= 11 is 5.60. The Kier molecular flexibility index (Phi) is 3.97. The van der Waals surface area contributed by atoms with Crippen LogP contribution in [0.2, 0.25) is 5.22 Å². The predicted octanol–water partition coefficient (Wildman–Crippen LogP) is 1.09. The lowest BCUT2D eigenvalue weighted by molar-refractivity contribution is -0.137. The summed E-state index contributed by atoms with van der Waals surface area (Å²) in [6.45, 7) is -0.586. The Hall–Kier alpha value is -1.93. The second kappa shape index (κ2) is 5.24. The maximum atomic E-state index is 11.8. The van der Waals surface area contributed by atoms with Crippen LogP contribution in [-0.2, 0) is 4.79 Å². The number of halogens is 1. The van der Waals surface area contributed by atoms with Gasteiger partial charge in [0, 0.05) is 0 Å². The second-order valence-electron chi connectivity index (χ2n) is 2.87. The number of carbonyl (C=O) groups is 2. The van der Waals surface area contributed by atoms with E-state index in [1.165, 1.54) is 12.3 Å². The van der Waals surface area contributed by atoms with Gasteiger partial charge in [-0.2, -0.15) is 0 Å². The number of hydrogen-bond acceptors (Lipinski definition) is 3. The summed E-state index contributed by atoms with van der Waals surface area (Å²) in [6.07, 6.45) is 6.28. The molecule has 84 valence electrons. The number of terminal acetylenes is 1. The van der Waals surface area contributed by atoms with Gasteiger partial charge in [-0.3, -0.25) is 9.59 Å². The Labute approximate surface area is 96.6 Å². The summed E-state index contributed by atoms with van der Waals surface area (Å²) in [5.74, 6) is 0.483. The van der Waals surface area contributed by atoms with E-state index in [1.54, 1.807) is 0 Å². The van der Waals surface area contributed by atoms with Crippen molar-refractivity contribution in [2.45, 2.75) is 0 Å². The number of rotatable bonds is 4. The lowest BCUT2D eigenvalue weighted by Gasteiger charge is -2.16. The zero-order valence-corrected chi connectivity index (χ0v) is 8.90. The highest BCUT2D eigenvalue weighted by atomic mass is 35.5. The van der Waals surface area contributed by atoms with Crippen molar-refractivity contribution in [3.8, 4) is 12.3 Å². The van der Waals surface area contributed by atoms with Crippen LogP contribution in [0.1, 0.15) is 10.4 Å². The van der Waals surface area contributed by atoms with Gasteiger partial charge in [-0.15, -0.1) is 6.42 Å². The van der Waals surface area contributed by atoms with Crippen molar-refractivity contribution >= 4 is 23.5 Å². The molecule has 0 spiro atoms. The van der Waals surface area contributed by atoms with Gasteiger partial charge < -0.3 is 14.4 Å². The molecule has 0 saturated heterocycles. The first kappa shape index (κ1) is 12.1. The minimum Gasteiger partial charge on any atom is -0.480 e. The molecular weight excluding hydrogens is 234 g/mol. The number of carbonyl (C=O) groups excluding carboxylic acids is 1. The smallest absolute Gasteiger partial charge is 0.323 e. The number of nitrogens with zero attached hydrogens (tertiary/aromatic N) is 1. The van der Waals surface area contributed by atoms with Crippen LogP contribution < -0.4 is 0 Å². The molecule has 0 aliphatic rings. The van der Waals surface area contributed by atoms with E-state index in [-0.39, 0.29) is 17.3 Å². The van der Waals surface area contributed by atoms with Gasteiger partial charge in [0.1, 0.15) is 6.54 Å². The third-order valence-corrected chi connectivity index (χ3v) is 2.04. The van der Waals surface area contributed by atoms with Gasteiger partial charge in [0.25, 0.3) is 5.91 Å². The van der Waals surface area contributed by atoms with Gasteiger partial charge in [0.15, 0.2) is 0 Å². The molecule has 6 heteroatoms. The number of carboxylic acid groups (broad SMARTS) is 1. The molecule has 0 aliphatic heterocycles. The van der Waals surface area contributed by atoms with Gasteiger partial charge in [-0.05, 0) is 17.7 Å². The van der Waals surface area contributed by atoms with E-state index in [4.69, 9.17) is 27.5 Å². The molecule has 0 radical (unpaired) electrons. The normalized spacial score (nSPS) is 9.50. The maximum absolute atomic E-state index is 11.8. The monoisotopic (exact) mass is 241 g/mol. The van der Waals surface area contributed by atoms with Gasteiger partial charge >= 0.3 is 5.97 Å². The van der Waals surface area contributed by atoms with E-state index < -0.39 is 18.4 Å². The number of furan rings is 1. The molecule has 0 fully saturated rings. The van der Waals surface area contributed by atoms with Gasteiger partial charge in [0.2, 0.25) is 5.22 Å². The van der Waals surface area contributed by atoms with Crippen LogP contribution in [-0.4, -0.2) is 35.0 Å². The van der Waals surface area contributed by atoms with Crippen LogP contribution in [0.3, 0.4) is 0 Å². The lowest BCUT2D eigenvalue weighted by atomic mass is 10.3. The standard InChI is InChI=1S/C10H8ClNO4/c1-2-4-12(6-8(13)14)10(15)7-3-5-16-9(7)11/h1,3,5H,4,6H2,(H,13,14). The molecule has 0 aromatic carbocycles. The summed E-state index contributed by atoms with van der Waals surface area (Å²) in [6, 6.07) is 1.36. The molecule has 1 heterocycles. The van der Waals surface area contributed by atoms with Crippen LogP contribution in [0.25, 0.3) is 0 Å². The lowest BCUT2D eigenvalue weighted by Crippen LogP contribution is -2.35. The van der Waals surface area contributed by atoms with Gasteiger partial charge in [-0.1, -0.05) is 5.92 Å². The second-order valence-corrected chi connectivity index (χ2v) is 3.21. The molecule has 1 aromatic heterocycles. The van der Waals surface area contributed by atoms with Crippen molar-refractivity contribution in [1.82, 2.24) is 4.90 Å². The fraction of sp³-hybridized carbons (Fsp3) is 0.200. The summed E-state index contributed by atoms with van der Waals surface area (Å²) < 4.78 is 4.74. The van der Waals surface area contributed by atoms with Crippen LogP contribution >= 0.6 is 11.6 Å². The first-order chi connectivity index (χ1) is 7.56. The SMILES string of the molecule is C#CCN(CC(=O)O)C(=O)c1ccoc1Cl. The Morgan fingerprint density at radius 3 is 2.75 bits per heavy atom. The summed E-state index contributed by atoms with van der Waals surface area (Å²) in [7, 11) is 0. The van der Waals surface area contributed by atoms with E-state index in [2.05, 4.69) is 5.92 Å². The largest absolute Gasteiger partial charge is 0.480 e. The third-order valence-electron chi connectivity index (χ3n) is 1.74. The average Bonchev–Trinajstić information content (AvgIpc) is 2.62. The predicted molar refractivity (Wildman–Crippen MR) is 56.1 cm³/mol. The van der Waals surface area contributed by atoms with Crippen LogP contribution in [0.5, 0.6) is 0 Å². The molecule has 5 nitrogen and oxygen atoms in total. The number of hydrogen-bond donors (Lipinski definition) is 1. The van der Waals surface area contributed by atoms with Gasteiger partial charge in [-0.25, -0.2) is 0 Å². The van der Waals surface area contributed by atoms with E-state index in [1.807, 2.05) is 0 Å². The number of amides is 1. The molecular formula is C10H8ClNO4. The minimum atomic E-state index is -1.15. The summed E-state index contributed by atoms with van der Waals surface area (Å²) in [5.41, 5.74) is 0.0955. The zero-order chi connectivity index (χ0) is 12.1. The molecule has 1 amide bonds. The van der Waals surface area contributed by atoms with Crippen molar-refractivity contribution in [2.75, 3.05) is 13.1 Å². The fourth-order valence-corrected chi connectivity index (χ4v) is 1.28. The third kappa shape index (κ3) is 2.78. The van der Waals surface area contributed by atoms with Crippen LogP contribution in [0.15, 0.2) is 16.7 Å². The molecule has 1 N–H and O–H groups in total. The highest BCUT2D eigenvalue weighted by molar-refractivity contribution is 6.32. The Morgan fingerprint density at radius 2 is 2.31 bits per heavy atom. The molecule has 1 aromatic rings. The van der Waals surface area contributed by atoms with Crippen LogP contribution in [0.4, 0.5) is 0 Å².